The number of nitrogens with two attached hydrogens (primary N) is 1. The molecule has 0 fully saturated rings. The largest absolute Gasteiger partial charge is 0.435 e. The van der Waals surface area contributed by atoms with Crippen LogP contribution in [0.15, 0.2) is 42.6 Å². The van der Waals surface area contributed by atoms with Gasteiger partial charge in [0.25, 0.3) is 0 Å². The Labute approximate surface area is 92.5 Å². The standard InChI is InChI=1S/C11H9ClN2O/c12-8-4-3-5-9(13)11(8)15-10-6-1-2-7-14-10/h1-7H,13H2. The third-order valence-electron chi connectivity index (χ3n) is 1.84. The smallest absolute Gasteiger partial charge is 0.219 e. The van der Waals surface area contributed by atoms with E-state index in [9.17, 15) is 0 Å². The van der Waals surface area contributed by atoms with Crippen LogP contribution >= 0.6 is 11.6 Å². The zero-order valence-electron chi connectivity index (χ0n) is 7.85. The van der Waals surface area contributed by atoms with Crippen LogP contribution in [0.3, 0.4) is 0 Å². The molecule has 2 aromatic rings. The highest BCUT2D eigenvalue weighted by molar-refractivity contribution is 6.32. The monoisotopic (exact) mass is 220 g/mol. The molecule has 0 amide bonds. The van der Waals surface area contributed by atoms with Crippen LogP contribution in [0, 0.1) is 0 Å². The first kappa shape index (κ1) is 9.80. The average Bonchev–Trinajstić information content (AvgIpc) is 2.25. The van der Waals surface area contributed by atoms with E-state index in [1.165, 1.54) is 0 Å². The van der Waals surface area contributed by atoms with Crippen LogP contribution in [-0.4, -0.2) is 4.98 Å². The quantitative estimate of drug-likeness (QED) is 0.792. The summed E-state index contributed by atoms with van der Waals surface area (Å²) in [5.41, 5.74) is 6.23. The first-order valence-electron chi connectivity index (χ1n) is 4.40. The Morgan fingerprint density at radius 1 is 1.13 bits per heavy atom. The Kier molecular flexibility index (Phi) is 2.74. The van der Waals surface area contributed by atoms with Crippen LogP contribution in [-0.2, 0) is 0 Å². The highest BCUT2D eigenvalue weighted by atomic mass is 35.5. The number of pyridine rings is 1. The molecule has 2 N–H and O–H groups in total. The highest BCUT2D eigenvalue weighted by Gasteiger charge is 2.06. The van der Waals surface area contributed by atoms with E-state index in [4.69, 9.17) is 22.1 Å². The first-order chi connectivity index (χ1) is 7.27. The fourth-order valence-electron chi connectivity index (χ4n) is 1.15. The minimum atomic E-state index is 0.442. The number of rotatable bonds is 2. The molecule has 1 aromatic carbocycles. The second-order valence-corrected chi connectivity index (χ2v) is 3.34. The fraction of sp³-hybridized carbons (Fsp3) is 0. The summed E-state index contributed by atoms with van der Waals surface area (Å²) in [6.07, 6.45) is 1.64. The van der Waals surface area contributed by atoms with Gasteiger partial charge in [0.15, 0.2) is 5.75 Å². The predicted octanol–water partition coefficient (Wildman–Crippen LogP) is 3.11. The van der Waals surface area contributed by atoms with Gasteiger partial charge in [-0.1, -0.05) is 23.7 Å². The average molecular weight is 221 g/mol. The zero-order valence-corrected chi connectivity index (χ0v) is 8.61. The Hall–Kier alpha value is -1.74. The lowest BCUT2D eigenvalue weighted by atomic mass is 10.3. The van der Waals surface area contributed by atoms with Crippen LogP contribution in [0.25, 0.3) is 0 Å². The normalized spacial score (nSPS) is 9.93. The van der Waals surface area contributed by atoms with E-state index in [2.05, 4.69) is 4.98 Å². The minimum absolute atomic E-state index is 0.442. The Bertz CT molecular complexity index is 439. The molecule has 0 saturated carbocycles. The van der Waals surface area contributed by atoms with Gasteiger partial charge in [-0.15, -0.1) is 0 Å². The summed E-state index contributed by atoms with van der Waals surface area (Å²) in [6, 6.07) is 10.6. The summed E-state index contributed by atoms with van der Waals surface area (Å²) >= 11 is 5.95. The molecule has 4 heteroatoms. The maximum Gasteiger partial charge on any atom is 0.219 e. The molecule has 76 valence electrons. The lowest BCUT2D eigenvalue weighted by Crippen LogP contribution is -1.93. The Morgan fingerprint density at radius 3 is 2.67 bits per heavy atom. The van der Waals surface area contributed by atoms with Crippen molar-refractivity contribution in [2.45, 2.75) is 0 Å². The SMILES string of the molecule is Nc1cccc(Cl)c1Oc1ccccn1. The van der Waals surface area contributed by atoms with Gasteiger partial charge in [-0.3, -0.25) is 0 Å². The maximum absolute atomic E-state index is 5.95. The third-order valence-corrected chi connectivity index (χ3v) is 2.14. The number of anilines is 1. The van der Waals surface area contributed by atoms with Crippen molar-refractivity contribution in [3.05, 3.63) is 47.6 Å². The molecule has 15 heavy (non-hydrogen) atoms. The number of hydrogen-bond donors (Lipinski definition) is 1. The lowest BCUT2D eigenvalue weighted by molar-refractivity contribution is 0.465. The molecular weight excluding hydrogens is 212 g/mol. The fourth-order valence-corrected chi connectivity index (χ4v) is 1.37. The zero-order chi connectivity index (χ0) is 10.7. The lowest BCUT2D eigenvalue weighted by Gasteiger charge is -2.08. The molecule has 0 bridgehead atoms. The van der Waals surface area contributed by atoms with Gasteiger partial charge in [0, 0.05) is 12.3 Å². The van der Waals surface area contributed by atoms with Crippen LogP contribution in [0.2, 0.25) is 5.02 Å². The van der Waals surface area contributed by atoms with E-state index in [0.717, 1.165) is 0 Å². The van der Waals surface area contributed by atoms with Gasteiger partial charge in [0.1, 0.15) is 0 Å². The summed E-state index contributed by atoms with van der Waals surface area (Å²) in [7, 11) is 0. The van der Waals surface area contributed by atoms with Crippen LogP contribution in [0.5, 0.6) is 11.6 Å². The van der Waals surface area contributed by atoms with E-state index in [-0.39, 0.29) is 0 Å². The van der Waals surface area contributed by atoms with Crippen molar-refractivity contribution >= 4 is 17.3 Å². The highest BCUT2D eigenvalue weighted by Crippen LogP contribution is 2.33. The van der Waals surface area contributed by atoms with E-state index in [1.807, 2.05) is 12.1 Å². The second kappa shape index (κ2) is 4.19. The molecular formula is C11H9ClN2O. The van der Waals surface area contributed by atoms with Crippen molar-refractivity contribution in [3.8, 4) is 11.6 Å². The molecule has 1 heterocycles. The number of nitrogens with zero attached hydrogens (tertiary/aromatic N) is 1. The van der Waals surface area contributed by atoms with Crippen molar-refractivity contribution in [2.75, 3.05) is 5.73 Å². The molecule has 2 rings (SSSR count). The number of para-hydroxylation sites is 1. The van der Waals surface area contributed by atoms with Crippen LogP contribution in [0.4, 0.5) is 5.69 Å². The molecule has 0 unspecified atom stereocenters. The predicted molar refractivity (Wildman–Crippen MR) is 60.2 cm³/mol. The molecule has 0 spiro atoms. The van der Waals surface area contributed by atoms with Gasteiger partial charge in [-0.2, -0.15) is 0 Å². The summed E-state index contributed by atoms with van der Waals surface area (Å²) < 4.78 is 5.47. The van der Waals surface area contributed by atoms with E-state index >= 15 is 0 Å². The number of hydrogen-bond acceptors (Lipinski definition) is 3. The van der Waals surface area contributed by atoms with Crippen LogP contribution < -0.4 is 10.5 Å². The molecule has 0 radical (unpaired) electrons. The molecule has 0 aliphatic rings. The molecule has 0 aliphatic carbocycles. The van der Waals surface area contributed by atoms with E-state index in [1.54, 1.807) is 30.5 Å². The minimum Gasteiger partial charge on any atom is -0.435 e. The summed E-state index contributed by atoms with van der Waals surface area (Å²) in [5, 5.41) is 0.473. The third kappa shape index (κ3) is 2.19. The molecule has 1 aromatic heterocycles. The maximum atomic E-state index is 5.95. The summed E-state index contributed by atoms with van der Waals surface area (Å²) in [4.78, 5) is 4.02. The number of halogens is 1. The topological polar surface area (TPSA) is 48.1 Å². The Balaban J connectivity index is 2.32. The second-order valence-electron chi connectivity index (χ2n) is 2.93. The van der Waals surface area contributed by atoms with Gasteiger partial charge in [0.2, 0.25) is 5.88 Å². The number of ether oxygens (including phenoxy) is 1. The molecule has 0 saturated heterocycles. The number of benzene rings is 1. The van der Waals surface area contributed by atoms with Gasteiger partial charge in [-0.05, 0) is 18.2 Å². The number of nitrogen functional groups attached to an aromatic ring is 1. The summed E-state index contributed by atoms with van der Waals surface area (Å²) in [5.74, 6) is 0.912. The van der Waals surface area contributed by atoms with Crippen molar-refractivity contribution in [1.29, 1.82) is 0 Å². The van der Waals surface area contributed by atoms with Gasteiger partial charge >= 0.3 is 0 Å². The van der Waals surface area contributed by atoms with Crippen molar-refractivity contribution in [3.63, 3.8) is 0 Å². The van der Waals surface area contributed by atoms with Crippen molar-refractivity contribution < 1.29 is 4.74 Å². The molecule has 0 aliphatic heterocycles. The van der Waals surface area contributed by atoms with Crippen molar-refractivity contribution in [1.82, 2.24) is 4.98 Å². The summed E-state index contributed by atoms with van der Waals surface area (Å²) in [6.45, 7) is 0. The van der Waals surface area contributed by atoms with E-state index < -0.39 is 0 Å². The van der Waals surface area contributed by atoms with E-state index in [0.29, 0.717) is 22.3 Å². The van der Waals surface area contributed by atoms with Gasteiger partial charge in [0.05, 0.1) is 10.7 Å². The van der Waals surface area contributed by atoms with Gasteiger partial charge in [-0.25, -0.2) is 4.98 Å². The first-order valence-corrected chi connectivity index (χ1v) is 4.78. The Morgan fingerprint density at radius 2 is 2.00 bits per heavy atom. The molecule has 3 nitrogen and oxygen atoms in total. The van der Waals surface area contributed by atoms with Crippen molar-refractivity contribution in [2.24, 2.45) is 0 Å². The van der Waals surface area contributed by atoms with Gasteiger partial charge < -0.3 is 10.5 Å². The van der Waals surface area contributed by atoms with Crippen LogP contribution in [0.1, 0.15) is 0 Å². The number of aromatic nitrogens is 1. The molecule has 0 atom stereocenters.